The first kappa shape index (κ1) is 14.1. The normalized spacial score (nSPS) is 23.3. The van der Waals surface area contributed by atoms with Gasteiger partial charge in [0.2, 0.25) is 5.91 Å². The molecule has 0 spiro atoms. The molecule has 1 amide bonds. The number of para-hydroxylation sites is 1. The number of fused-ring (bicyclic) bond motifs is 1. The number of nitrogens with two attached hydrogens (primary N) is 1. The molecule has 4 nitrogen and oxygen atoms in total. The van der Waals surface area contributed by atoms with Gasteiger partial charge in [-0.2, -0.15) is 0 Å². The third-order valence-electron chi connectivity index (χ3n) is 4.53. The summed E-state index contributed by atoms with van der Waals surface area (Å²) in [6, 6.07) is 9.75. The standard InChI is InChI=1S/C17H22N2O2/c1-11(16-9-12-5-2-3-8-15(12)21-16)19-17(20)14-7-4-6-13(14)10-18/h2-3,5,8-9,11,13-14H,4,6-7,10,18H2,1H3,(H,19,20). The second-order valence-electron chi connectivity index (χ2n) is 5.95. The first-order chi connectivity index (χ1) is 10.2. The molecular formula is C17H22N2O2. The van der Waals surface area contributed by atoms with Gasteiger partial charge in [0, 0.05) is 11.3 Å². The lowest BCUT2D eigenvalue weighted by Gasteiger charge is -2.19. The van der Waals surface area contributed by atoms with Crippen molar-refractivity contribution >= 4 is 16.9 Å². The lowest BCUT2D eigenvalue weighted by atomic mass is 9.95. The molecule has 0 saturated heterocycles. The second-order valence-corrected chi connectivity index (χ2v) is 5.95. The Hall–Kier alpha value is -1.81. The molecule has 3 atom stereocenters. The lowest BCUT2D eigenvalue weighted by molar-refractivity contribution is -0.126. The van der Waals surface area contributed by atoms with E-state index in [0.29, 0.717) is 12.5 Å². The molecule has 1 heterocycles. The molecule has 2 aromatic rings. The summed E-state index contributed by atoms with van der Waals surface area (Å²) in [7, 11) is 0. The highest BCUT2D eigenvalue weighted by molar-refractivity contribution is 5.80. The molecule has 4 heteroatoms. The highest BCUT2D eigenvalue weighted by atomic mass is 16.3. The summed E-state index contributed by atoms with van der Waals surface area (Å²) < 4.78 is 5.81. The molecule has 0 radical (unpaired) electrons. The predicted octanol–water partition coefficient (Wildman–Crippen LogP) is 2.99. The van der Waals surface area contributed by atoms with Gasteiger partial charge < -0.3 is 15.5 Å². The van der Waals surface area contributed by atoms with Gasteiger partial charge in [-0.3, -0.25) is 4.79 Å². The summed E-state index contributed by atoms with van der Waals surface area (Å²) in [5.74, 6) is 1.29. The molecule has 21 heavy (non-hydrogen) atoms. The average molecular weight is 286 g/mol. The monoisotopic (exact) mass is 286 g/mol. The fourth-order valence-electron chi connectivity index (χ4n) is 3.27. The number of carbonyl (C=O) groups excluding carboxylic acids is 1. The maximum absolute atomic E-state index is 12.4. The zero-order valence-electron chi connectivity index (χ0n) is 12.3. The molecule has 112 valence electrons. The Kier molecular flexibility index (Phi) is 3.97. The number of rotatable bonds is 4. The number of furan rings is 1. The zero-order valence-corrected chi connectivity index (χ0v) is 12.3. The van der Waals surface area contributed by atoms with Crippen LogP contribution in [0.4, 0.5) is 0 Å². The predicted molar refractivity (Wildman–Crippen MR) is 82.7 cm³/mol. The van der Waals surface area contributed by atoms with Crippen molar-refractivity contribution in [1.82, 2.24) is 5.32 Å². The average Bonchev–Trinajstić information content (AvgIpc) is 3.13. The Morgan fingerprint density at radius 2 is 2.24 bits per heavy atom. The van der Waals surface area contributed by atoms with Gasteiger partial charge in [0.1, 0.15) is 11.3 Å². The molecule has 1 aromatic heterocycles. The number of amides is 1. The number of hydrogen-bond donors (Lipinski definition) is 2. The van der Waals surface area contributed by atoms with Crippen molar-refractivity contribution in [3.63, 3.8) is 0 Å². The van der Waals surface area contributed by atoms with Crippen LogP contribution in [0.3, 0.4) is 0 Å². The molecule has 0 bridgehead atoms. The van der Waals surface area contributed by atoms with Crippen molar-refractivity contribution < 1.29 is 9.21 Å². The van der Waals surface area contributed by atoms with Gasteiger partial charge in [-0.25, -0.2) is 0 Å². The number of hydrogen-bond acceptors (Lipinski definition) is 3. The second kappa shape index (κ2) is 5.90. The van der Waals surface area contributed by atoms with Crippen LogP contribution in [-0.2, 0) is 4.79 Å². The van der Waals surface area contributed by atoms with Gasteiger partial charge >= 0.3 is 0 Å². The maximum atomic E-state index is 12.4. The minimum Gasteiger partial charge on any atom is -0.459 e. The van der Waals surface area contributed by atoms with Gasteiger partial charge in [-0.05, 0) is 44.4 Å². The molecule has 0 aliphatic heterocycles. The van der Waals surface area contributed by atoms with E-state index in [1.165, 1.54) is 0 Å². The molecule has 1 fully saturated rings. The minimum atomic E-state index is -0.121. The van der Waals surface area contributed by atoms with E-state index < -0.39 is 0 Å². The Labute approximate surface area is 124 Å². The van der Waals surface area contributed by atoms with Crippen LogP contribution >= 0.6 is 0 Å². The van der Waals surface area contributed by atoms with E-state index in [-0.39, 0.29) is 17.9 Å². The lowest BCUT2D eigenvalue weighted by Crippen LogP contribution is -2.36. The van der Waals surface area contributed by atoms with Crippen molar-refractivity contribution in [1.29, 1.82) is 0 Å². The van der Waals surface area contributed by atoms with E-state index >= 15 is 0 Å². The Balaban J connectivity index is 1.70. The van der Waals surface area contributed by atoms with Gasteiger partial charge in [-0.1, -0.05) is 24.6 Å². The topological polar surface area (TPSA) is 68.3 Å². The summed E-state index contributed by atoms with van der Waals surface area (Å²) in [4.78, 5) is 12.4. The first-order valence-corrected chi connectivity index (χ1v) is 7.68. The van der Waals surface area contributed by atoms with Crippen molar-refractivity contribution in [3.05, 3.63) is 36.1 Å². The maximum Gasteiger partial charge on any atom is 0.224 e. The molecule has 3 N–H and O–H groups in total. The van der Waals surface area contributed by atoms with E-state index in [1.807, 2.05) is 37.3 Å². The third kappa shape index (κ3) is 2.81. The van der Waals surface area contributed by atoms with Crippen LogP contribution in [0.5, 0.6) is 0 Å². The minimum absolute atomic E-state index is 0.0572. The van der Waals surface area contributed by atoms with Crippen LogP contribution in [0.25, 0.3) is 11.0 Å². The smallest absolute Gasteiger partial charge is 0.224 e. The highest BCUT2D eigenvalue weighted by Crippen LogP contribution is 2.32. The summed E-state index contributed by atoms with van der Waals surface area (Å²) in [6.07, 6.45) is 3.10. The molecular weight excluding hydrogens is 264 g/mol. The van der Waals surface area contributed by atoms with Crippen LogP contribution in [0.15, 0.2) is 34.7 Å². The van der Waals surface area contributed by atoms with Crippen molar-refractivity contribution in [2.75, 3.05) is 6.54 Å². The summed E-state index contributed by atoms with van der Waals surface area (Å²) in [5, 5.41) is 4.14. The first-order valence-electron chi connectivity index (χ1n) is 7.68. The van der Waals surface area contributed by atoms with E-state index in [1.54, 1.807) is 0 Å². The van der Waals surface area contributed by atoms with Gasteiger partial charge in [0.25, 0.3) is 0 Å². The fraction of sp³-hybridized carbons (Fsp3) is 0.471. The number of benzene rings is 1. The van der Waals surface area contributed by atoms with E-state index in [9.17, 15) is 4.79 Å². The molecule has 1 aromatic carbocycles. The van der Waals surface area contributed by atoms with E-state index in [2.05, 4.69) is 5.32 Å². The van der Waals surface area contributed by atoms with Crippen molar-refractivity contribution in [3.8, 4) is 0 Å². The van der Waals surface area contributed by atoms with Crippen LogP contribution in [0.2, 0.25) is 0 Å². The molecule has 1 saturated carbocycles. The van der Waals surface area contributed by atoms with Crippen LogP contribution in [0.1, 0.15) is 38.0 Å². The Bertz CT molecular complexity index is 602. The van der Waals surface area contributed by atoms with Crippen LogP contribution < -0.4 is 11.1 Å². The highest BCUT2D eigenvalue weighted by Gasteiger charge is 2.32. The van der Waals surface area contributed by atoms with E-state index in [0.717, 1.165) is 36.0 Å². The molecule has 1 aliphatic rings. The third-order valence-corrected chi connectivity index (χ3v) is 4.53. The summed E-state index contributed by atoms with van der Waals surface area (Å²) in [6.45, 7) is 2.55. The number of nitrogens with one attached hydrogen (secondary N) is 1. The molecule has 3 unspecified atom stereocenters. The molecule has 3 rings (SSSR count). The van der Waals surface area contributed by atoms with Crippen molar-refractivity contribution in [2.45, 2.75) is 32.2 Å². The Morgan fingerprint density at radius 1 is 1.43 bits per heavy atom. The van der Waals surface area contributed by atoms with Crippen LogP contribution in [0, 0.1) is 11.8 Å². The largest absolute Gasteiger partial charge is 0.459 e. The quantitative estimate of drug-likeness (QED) is 0.908. The van der Waals surface area contributed by atoms with Gasteiger partial charge in [0.05, 0.1) is 6.04 Å². The SMILES string of the molecule is CC(NC(=O)C1CCCC1CN)c1cc2ccccc2o1. The van der Waals surface area contributed by atoms with Gasteiger partial charge in [-0.15, -0.1) is 0 Å². The van der Waals surface area contributed by atoms with Crippen LogP contribution in [-0.4, -0.2) is 12.5 Å². The number of carbonyl (C=O) groups is 1. The zero-order chi connectivity index (χ0) is 14.8. The summed E-state index contributed by atoms with van der Waals surface area (Å²) >= 11 is 0. The van der Waals surface area contributed by atoms with Crippen molar-refractivity contribution in [2.24, 2.45) is 17.6 Å². The fourth-order valence-corrected chi connectivity index (χ4v) is 3.27. The van der Waals surface area contributed by atoms with Gasteiger partial charge in [0.15, 0.2) is 0 Å². The van der Waals surface area contributed by atoms with E-state index in [4.69, 9.17) is 10.2 Å². The summed E-state index contributed by atoms with van der Waals surface area (Å²) in [5.41, 5.74) is 6.61. The molecule has 1 aliphatic carbocycles. The Morgan fingerprint density at radius 3 is 3.00 bits per heavy atom.